The molecule has 2 aromatic rings. The normalized spacial score (nSPS) is 19.6. The van der Waals surface area contributed by atoms with Crippen molar-refractivity contribution in [1.82, 2.24) is 4.90 Å². The Hall–Kier alpha value is -1.92. The average Bonchev–Trinajstić information content (AvgIpc) is 3.19. The fraction of sp³-hybridized carbons (Fsp3) is 0.278. The number of likely N-dealkylation sites (N-methyl/N-ethyl adjacent to an activating group) is 1. The number of hydrogen-bond acceptors (Lipinski definition) is 4. The maximum Gasteiger partial charge on any atom is 0.246 e. The second-order valence-electron chi connectivity index (χ2n) is 5.91. The molecule has 0 saturated carbocycles. The van der Waals surface area contributed by atoms with Crippen molar-refractivity contribution in [2.45, 2.75) is 12.5 Å². The average molecular weight is 361 g/mol. The summed E-state index contributed by atoms with van der Waals surface area (Å²) >= 11 is 1.62. The van der Waals surface area contributed by atoms with Crippen LogP contribution < -0.4 is 0 Å². The summed E-state index contributed by atoms with van der Waals surface area (Å²) in [5, 5.41) is 0. The topological polar surface area (TPSA) is 54.5 Å². The molecular formula is C18H19NO3S2. The van der Waals surface area contributed by atoms with Gasteiger partial charge in [-0.1, -0.05) is 30.3 Å². The Kier molecular flexibility index (Phi) is 4.87. The van der Waals surface area contributed by atoms with Crippen LogP contribution in [0.15, 0.2) is 48.5 Å². The third kappa shape index (κ3) is 3.94. The molecule has 1 aliphatic heterocycles. The fourth-order valence-electron chi connectivity index (χ4n) is 2.73. The van der Waals surface area contributed by atoms with Crippen LogP contribution in [0.1, 0.15) is 11.3 Å². The number of hydrogen-bond donors (Lipinski definition) is 0. The minimum absolute atomic E-state index is 0.0697. The number of carbonyl (C=O) groups excluding carboxylic acids is 1. The Labute approximate surface area is 146 Å². The molecule has 6 heteroatoms. The van der Waals surface area contributed by atoms with E-state index in [1.54, 1.807) is 24.5 Å². The molecule has 0 aliphatic carbocycles. The van der Waals surface area contributed by atoms with E-state index in [9.17, 15) is 13.2 Å². The van der Waals surface area contributed by atoms with Crippen LogP contribution in [0.4, 0.5) is 0 Å². The predicted molar refractivity (Wildman–Crippen MR) is 98.6 cm³/mol. The maximum absolute atomic E-state index is 12.2. The van der Waals surface area contributed by atoms with Gasteiger partial charge in [-0.3, -0.25) is 4.79 Å². The summed E-state index contributed by atoms with van der Waals surface area (Å²) in [7, 11) is -1.32. The van der Waals surface area contributed by atoms with E-state index in [4.69, 9.17) is 0 Å². The molecule has 1 aromatic heterocycles. The van der Waals surface area contributed by atoms with Gasteiger partial charge in [0.25, 0.3) is 0 Å². The number of rotatable bonds is 4. The lowest BCUT2D eigenvalue weighted by Gasteiger charge is -2.21. The summed E-state index contributed by atoms with van der Waals surface area (Å²) in [6.45, 7) is 0. The molecule has 1 atom stereocenters. The van der Waals surface area contributed by atoms with E-state index in [0.29, 0.717) is 6.42 Å². The third-order valence-electron chi connectivity index (χ3n) is 4.18. The van der Waals surface area contributed by atoms with Gasteiger partial charge in [0, 0.05) is 28.9 Å². The van der Waals surface area contributed by atoms with Crippen LogP contribution in [0.25, 0.3) is 16.5 Å². The molecule has 126 valence electrons. The zero-order chi connectivity index (χ0) is 17.2. The van der Waals surface area contributed by atoms with E-state index >= 15 is 0 Å². The number of carbonyl (C=O) groups is 1. The SMILES string of the molecule is CN(C(=O)/C=C/c1ccc(-c2ccccc2)s1)C1CCS(=O)(=O)C1. The van der Waals surface area contributed by atoms with Crippen LogP contribution in [0.2, 0.25) is 0 Å². The molecule has 1 amide bonds. The Morgan fingerprint density at radius 1 is 1.21 bits per heavy atom. The lowest BCUT2D eigenvalue weighted by Crippen LogP contribution is -2.36. The molecule has 1 saturated heterocycles. The molecule has 1 unspecified atom stereocenters. The van der Waals surface area contributed by atoms with Crippen LogP contribution in [0, 0.1) is 0 Å². The van der Waals surface area contributed by atoms with Crippen LogP contribution in [0.5, 0.6) is 0 Å². The van der Waals surface area contributed by atoms with Crippen LogP contribution >= 0.6 is 11.3 Å². The van der Waals surface area contributed by atoms with Crippen molar-refractivity contribution in [2.75, 3.05) is 18.6 Å². The van der Waals surface area contributed by atoms with Gasteiger partial charge in [-0.05, 0) is 30.2 Å². The summed E-state index contributed by atoms with van der Waals surface area (Å²) in [5.74, 6) is 0.0803. The van der Waals surface area contributed by atoms with Crippen molar-refractivity contribution in [3.8, 4) is 10.4 Å². The molecule has 1 aromatic carbocycles. The van der Waals surface area contributed by atoms with Gasteiger partial charge in [0.05, 0.1) is 11.5 Å². The van der Waals surface area contributed by atoms with Gasteiger partial charge in [-0.25, -0.2) is 8.42 Å². The predicted octanol–water partition coefficient (Wildman–Crippen LogP) is 3.07. The molecule has 0 radical (unpaired) electrons. The van der Waals surface area contributed by atoms with E-state index in [0.717, 1.165) is 15.3 Å². The Balaban J connectivity index is 1.65. The van der Waals surface area contributed by atoms with Crippen molar-refractivity contribution in [2.24, 2.45) is 0 Å². The van der Waals surface area contributed by atoms with E-state index in [-0.39, 0.29) is 23.5 Å². The standard InChI is InChI=1S/C18H19NO3S2/c1-19(15-11-12-24(21,22)13-15)18(20)10-8-16-7-9-17(23-16)14-5-3-2-4-6-14/h2-10,15H,11-13H2,1H3/b10-8+. The molecule has 0 spiro atoms. The van der Waals surface area contributed by atoms with E-state index in [1.807, 2.05) is 30.3 Å². The second kappa shape index (κ2) is 6.91. The highest BCUT2D eigenvalue weighted by molar-refractivity contribution is 7.91. The van der Waals surface area contributed by atoms with Crippen molar-refractivity contribution in [3.05, 3.63) is 53.4 Å². The monoisotopic (exact) mass is 361 g/mol. The number of nitrogens with zero attached hydrogens (tertiary/aromatic N) is 1. The second-order valence-corrected chi connectivity index (χ2v) is 9.25. The molecule has 1 fully saturated rings. The van der Waals surface area contributed by atoms with Gasteiger partial charge in [-0.15, -0.1) is 11.3 Å². The Morgan fingerprint density at radius 3 is 2.62 bits per heavy atom. The first-order valence-electron chi connectivity index (χ1n) is 7.75. The van der Waals surface area contributed by atoms with E-state index in [2.05, 4.69) is 12.1 Å². The quantitative estimate of drug-likeness (QED) is 0.787. The highest BCUT2D eigenvalue weighted by Gasteiger charge is 2.31. The van der Waals surface area contributed by atoms with Crippen LogP contribution in [-0.2, 0) is 14.6 Å². The van der Waals surface area contributed by atoms with Gasteiger partial charge in [0.1, 0.15) is 0 Å². The molecular weight excluding hydrogens is 342 g/mol. The molecule has 3 rings (SSSR count). The lowest BCUT2D eigenvalue weighted by molar-refractivity contribution is -0.126. The Morgan fingerprint density at radius 2 is 1.96 bits per heavy atom. The molecule has 4 nitrogen and oxygen atoms in total. The maximum atomic E-state index is 12.2. The van der Waals surface area contributed by atoms with Gasteiger partial charge < -0.3 is 4.90 Å². The number of thiophene rings is 1. The molecule has 0 N–H and O–H groups in total. The summed E-state index contributed by atoms with van der Waals surface area (Å²) in [4.78, 5) is 15.9. The molecule has 2 heterocycles. The summed E-state index contributed by atoms with van der Waals surface area (Å²) < 4.78 is 23.1. The first-order valence-corrected chi connectivity index (χ1v) is 10.4. The van der Waals surface area contributed by atoms with Crippen LogP contribution in [0.3, 0.4) is 0 Å². The molecule has 1 aliphatic rings. The zero-order valence-electron chi connectivity index (χ0n) is 13.4. The summed E-state index contributed by atoms with van der Waals surface area (Å²) in [5.41, 5.74) is 1.15. The largest absolute Gasteiger partial charge is 0.338 e. The molecule has 24 heavy (non-hydrogen) atoms. The summed E-state index contributed by atoms with van der Waals surface area (Å²) in [6, 6.07) is 13.9. The minimum Gasteiger partial charge on any atom is -0.338 e. The summed E-state index contributed by atoms with van der Waals surface area (Å²) in [6.07, 6.45) is 3.83. The first-order chi connectivity index (χ1) is 11.4. The zero-order valence-corrected chi connectivity index (χ0v) is 15.0. The highest BCUT2D eigenvalue weighted by atomic mass is 32.2. The number of amides is 1. The van der Waals surface area contributed by atoms with Crippen molar-refractivity contribution in [3.63, 3.8) is 0 Å². The minimum atomic E-state index is -2.98. The number of sulfone groups is 1. The fourth-order valence-corrected chi connectivity index (χ4v) is 5.42. The van der Waals surface area contributed by atoms with Crippen LogP contribution in [-0.4, -0.2) is 43.8 Å². The van der Waals surface area contributed by atoms with Gasteiger partial charge in [0.15, 0.2) is 9.84 Å². The van der Waals surface area contributed by atoms with Crippen molar-refractivity contribution in [1.29, 1.82) is 0 Å². The Bertz CT molecular complexity index is 853. The van der Waals surface area contributed by atoms with Gasteiger partial charge in [0.2, 0.25) is 5.91 Å². The van der Waals surface area contributed by atoms with Crippen molar-refractivity contribution < 1.29 is 13.2 Å². The molecule has 0 bridgehead atoms. The smallest absolute Gasteiger partial charge is 0.246 e. The lowest BCUT2D eigenvalue weighted by atomic mass is 10.2. The van der Waals surface area contributed by atoms with E-state index < -0.39 is 9.84 Å². The third-order valence-corrected chi connectivity index (χ3v) is 7.03. The van der Waals surface area contributed by atoms with Gasteiger partial charge >= 0.3 is 0 Å². The van der Waals surface area contributed by atoms with E-state index in [1.165, 1.54) is 11.0 Å². The van der Waals surface area contributed by atoms with Crippen molar-refractivity contribution >= 4 is 33.2 Å². The first kappa shape index (κ1) is 16.9. The highest BCUT2D eigenvalue weighted by Crippen LogP contribution is 2.28. The number of benzene rings is 1. The van der Waals surface area contributed by atoms with Gasteiger partial charge in [-0.2, -0.15) is 0 Å².